The molecule has 0 radical (unpaired) electrons. The van der Waals surface area contributed by atoms with E-state index in [1.807, 2.05) is 0 Å². The van der Waals surface area contributed by atoms with E-state index in [1.165, 1.54) is 0 Å². The molecule has 0 aliphatic carbocycles. The predicted octanol–water partition coefficient (Wildman–Crippen LogP) is -1.59. The van der Waals surface area contributed by atoms with E-state index in [0.29, 0.717) is 4.31 Å². The number of rotatable bonds is 0. The number of hydrogen-bond acceptors (Lipinski definition) is 2. The van der Waals surface area contributed by atoms with Crippen molar-refractivity contribution in [3.05, 3.63) is 0 Å². The van der Waals surface area contributed by atoms with Crippen molar-refractivity contribution < 1.29 is 28.3 Å². The summed E-state index contributed by atoms with van der Waals surface area (Å²) in [6.45, 7) is 9.51. The molecule has 1 heterocycles. The SMILES string of the molecule is C1COCCO1.CC(C)(C)[Se-].[Li+]. The van der Waals surface area contributed by atoms with Crippen molar-refractivity contribution >= 4 is 16.0 Å². The summed E-state index contributed by atoms with van der Waals surface area (Å²) in [5, 5.41) is 0. The van der Waals surface area contributed by atoms with Crippen molar-refractivity contribution in [2.45, 2.75) is 25.1 Å². The molecule has 0 amide bonds. The molecule has 0 atom stereocenters. The van der Waals surface area contributed by atoms with Crippen LogP contribution in [-0.2, 0) is 9.47 Å². The van der Waals surface area contributed by atoms with E-state index in [9.17, 15) is 0 Å². The van der Waals surface area contributed by atoms with Gasteiger partial charge in [0.05, 0.1) is 26.4 Å². The van der Waals surface area contributed by atoms with E-state index < -0.39 is 0 Å². The van der Waals surface area contributed by atoms with Gasteiger partial charge in [0.2, 0.25) is 0 Å². The minimum Gasteiger partial charge on any atom is 1.00 e. The molecule has 68 valence electrons. The van der Waals surface area contributed by atoms with Gasteiger partial charge in [0.25, 0.3) is 0 Å². The molecule has 4 heteroatoms. The van der Waals surface area contributed by atoms with E-state index in [4.69, 9.17) is 9.47 Å². The Morgan fingerprint density at radius 2 is 1.08 bits per heavy atom. The summed E-state index contributed by atoms with van der Waals surface area (Å²) < 4.78 is 10.3. The van der Waals surface area contributed by atoms with Crippen LogP contribution in [0.2, 0.25) is 4.31 Å². The molecule has 2 nitrogen and oxygen atoms in total. The van der Waals surface area contributed by atoms with Crippen LogP contribution in [0.4, 0.5) is 0 Å². The Kier molecular flexibility index (Phi) is 11.1. The van der Waals surface area contributed by atoms with Crippen LogP contribution >= 0.6 is 0 Å². The van der Waals surface area contributed by atoms with E-state index >= 15 is 0 Å². The second-order valence-corrected chi connectivity index (χ2v) is 5.91. The maximum Gasteiger partial charge on any atom is 1.00 e. The van der Waals surface area contributed by atoms with Gasteiger partial charge in [-0.3, -0.25) is 0 Å². The molecule has 0 aromatic rings. The summed E-state index contributed by atoms with van der Waals surface area (Å²) in [6.07, 6.45) is 0. The quantitative estimate of drug-likeness (QED) is 0.468. The van der Waals surface area contributed by atoms with Gasteiger partial charge in [0.15, 0.2) is 0 Å². The van der Waals surface area contributed by atoms with Gasteiger partial charge in [-0.15, -0.1) is 0 Å². The fraction of sp³-hybridized carbons (Fsp3) is 1.00. The zero-order valence-corrected chi connectivity index (χ0v) is 10.3. The number of hydrogen-bond donors (Lipinski definition) is 0. The average molecular weight is 231 g/mol. The Balaban J connectivity index is 0. The predicted molar refractivity (Wildman–Crippen MR) is 47.1 cm³/mol. The smallest absolute Gasteiger partial charge is 1.00 e. The summed E-state index contributed by atoms with van der Waals surface area (Å²) in [4.78, 5) is 0. The maximum atomic E-state index is 4.94. The summed E-state index contributed by atoms with van der Waals surface area (Å²) in [6, 6.07) is 0. The van der Waals surface area contributed by atoms with Crippen molar-refractivity contribution in [2.75, 3.05) is 26.4 Å². The van der Waals surface area contributed by atoms with Crippen molar-refractivity contribution in [3.63, 3.8) is 0 Å². The third-order valence-electron chi connectivity index (χ3n) is 0.744. The molecule has 1 fully saturated rings. The first kappa shape index (κ1) is 15.5. The minimum atomic E-state index is 0. The zero-order chi connectivity index (χ0) is 8.74. The van der Waals surface area contributed by atoms with E-state index in [0.717, 1.165) is 26.4 Å². The van der Waals surface area contributed by atoms with E-state index in [2.05, 4.69) is 36.8 Å². The molecular formula is C8H17LiO2Se. The van der Waals surface area contributed by atoms with Gasteiger partial charge < -0.3 is 9.47 Å². The van der Waals surface area contributed by atoms with Crippen molar-refractivity contribution in [2.24, 2.45) is 0 Å². The normalized spacial score (nSPS) is 17.0. The molecule has 1 aliphatic rings. The Morgan fingerprint density at radius 1 is 0.917 bits per heavy atom. The van der Waals surface area contributed by atoms with Crippen molar-refractivity contribution in [1.82, 2.24) is 0 Å². The minimum absolute atomic E-state index is 0. The average Bonchev–Trinajstić information content (AvgIpc) is 1.88. The first-order valence-electron chi connectivity index (χ1n) is 3.86. The molecule has 1 saturated heterocycles. The topological polar surface area (TPSA) is 18.5 Å². The molecule has 1 aliphatic heterocycles. The van der Waals surface area contributed by atoms with Crippen LogP contribution in [0, 0.1) is 0 Å². The molecule has 0 spiro atoms. The van der Waals surface area contributed by atoms with Crippen LogP contribution in [0.3, 0.4) is 0 Å². The van der Waals surface area contributed by atoms with Crippen molar-refractivity contribution in [3.8, 4) is 0 Å². The van der Waals surface area contributed by atoms with Crippen LogP contribution in [-0.4, -0.2) is 42.4 Å². The van der Waals surface area contributed by atoms with Crippen LogP contribution < -0.4 is 18.9 Å². The van der Waals surface area contributed by atoms with Crippen LogP contribution in [0.25, 0.3) is 0 Å². The standard InChI is InChI=1S/C4H8O2.C4H10Se.Li/c1-2-6-4-3-5-1;1-4(2,3)5;/h1-4H2;5H,1-3H3;/q;;+1/p-1. The van der Waals surface area contributed by atoms with Crippen LogP contribution in [0.1, 0.15) is 20.8 Å². The molecule has 0 aromatic heterocycles. The second-order valence-electron chi connectivity index (χ2n) is 3.34. The Hall–Kier alpha value is 1.04. The summed E-state index contributed by atoms with van der Waals surface area (Å²) in [7, 11) is 0. The Morgan fingerprint density at radius 3 is 1.17 bits per heavy atom. The third-order valence-corrected chi connectivity index (χ3v) is 0.744. The zero-order valence-electron chi connectivity index (χ0n) is 8.55. The first-order valence-corrected chi connectivity index (χ1v) is 4.72. The molecule has 1 rings (SSSR count). The molecule has 0 bridgehead atoms. The monoisotopic (exact) mass is 232 g/mol. The van der Waals surface area contributed by atoms with Gasteiger partial charge in [-0.1, -0.05) is 0 Å². The van der Waals surface area contributed by atoms with Gasteiger partial charge >= 0.3 is 60.0 Å². The molecule has 0 N–H and O–H groups in total. The molecule has 0 saturated carbocycles. The van der Waals surface area contributed by atoms with Gasteiger partial charge in [-0.05, 0) is 0 Å². The first-order chi connectivity index (χ1) is 5.00. The Bertz CT molecular complexity index is 72.0. The van der Waals surface area contributed by atoms with Gasteiger partial charge in [0, 0.05) is 0 Å². The number of ether oxygens (including phenoxy) is 2. The molecule has 0 aromatic carbocycles. The van der Waals surface area contributed by atoms with E-state index in [-0.39, 0.29) is 18.9 Å². The Labute approximate surface area is 95.8 Å². The van der Waals surface area contributed by atoms with Gasteiger partial charge in [-0.2, -0.15) is 0 Å². The van der Waals surface area contributed by atoms with Crippen molar-refractivity contribution in [1.29, 1.82) is 0 Å². The third kappa shape index (κ3) is 22.5. The molecule has 12 heavy (non-hydrogen) atoms. The summed E-state index contributed by atoms with van der Waals surface area (Å²) >= 11 is 2.98. The van der Waals surface area contributed by atoms with Gasteiger partial charge in [0.1, 0.15) is 0 Å². The van der Waals surface area contributed by atoms with E-state index in [1.54, 1.807) is 0 Å². The summed E-state index contributed by atoms with van der Waals surface area (Å²) in [5.41, 5.74) is 0. The largest absolute Gasteiger partial charge is 1.00 e. The van der Waals surface area contributed by atoms with Gasteiger partial charge in [-0.25, -0.2) is 0 Å². The maximum absolute atomic E-state index is 4.94. The fourth-order valence-corrected chi connectivity index (χ4v) is 0.440. The fourth-order valence-electron chi connectivity index (χ4n) is 0.440. The van der Waals surface area contributed by atoms with Crippen LogP contribution in [0.15, 0.2) is 0 Å². The summed E-state index contributed by atoms with van der Waals surface area (Å²) in [5.74, 6) is 0. The van der Waals surface area contributed by atoms with Crippen LogP contribution in [0.5, 0.6) is 0 Å². The molecule has 0 unspecified atom stereocenters. The second kappa shape index (κ2) is 8.63. The molecular weight excluding hydrogens is 214 g/mol.